The molecule has 9 aromatic rings. The Morgan fingerprint density at radius 2 is 1.12 bits per heavy atom. The Balaban J connectivity index is 0.00000494. The van der Waals surface area contributed by atoms with E-state index in [2.05, 4.69) is 235 Å². The van der Waals surface area contributed by atoms with Crippen molar-refractivity contribution in [2.45, 2.75) is 84.0 Å². The van der Waals surface area contributed by atoms with Crippen molar-refractivity contribution < 1.29 is 25.8 Å². The summed E-state index contributed by atoms with van der Waals surface area (Å²) < 4.78 is 9.36. The average molecular weight is 1050 g/mol. The first-order valence-corrected chi connectivity index (χ1v) is 23.2. The number of rotatable bonds is 5. The molecule has 67 heavy (non-hydrogen) atoms. The second-order valence-corrected chi connectivity index (χ2v) is 21.4. The van der Waals surface area contributed by atoms with Crippen molar-refractivity contribution >= 4 is 44.6 Å². The molecule has 0 saturated carbocycles. The van der Waals surface area contributed by atoms with E-state index in [9.17, 15) is 0 Å². The molecule has 1 spiro atoms. The molecule has 0 N–H and O–H groups in total. The fraction of sp³-hybridized carbons (Fsp3) is 0.213. The number of benzene rings is 7. The van der Waals surface area contributed by atoms with Gasteiger partial charge in [-0.1, -0.05) is 152 Å². The summed E-state index contributed by atoms with van der Waals surface area (Å²) in [5.74, 6) is 2.10. The standard InChI is InChI=1S/C61H53N4O.Pt/c1-58(2,3)38-28-29-62-55(33-38)65-53-27-17-24-49-56(53)57-50(61(49)47-22-12-10-20-45(47)46-21-11-13-23-48(46)61)35-44(36-54(57)65)66-43-19-16-18-41(34-43)63-37-64(52-26-15-14-25-51(52)63)42-31-39(59(4,5)6)30-40(32-42)60(7,8)9;/h10-33,35,37H,1-9H3;/q-3;. The van der Waals surface area contributed by atoms with Crippen LogP contribution < -0.4 is 14.5 Å². The van der Waals surface area contributed by atoms with Gasteiger partial charge in [0, 0.05) is 66.8 Å². The van der Waals surface area contributed by atoms with E-state index >= 15 is 0 Å². The summed E-state index contributed by atoms with van der Waals surface area (Å²) >= 11 is 0. The molecule has 0 bridgehead atoms. The van der Waals surface area contributed by atoms with Crippen LogP contribution in [0.4, 0.5) is 22.7 Å². The number of fused-ring (bicyclic) bond motifs is 8. The summed E-state index contributed by atoms with van der Waals surface area (Å²) in [6, 6.07) is 60.6. The Kier molecular flexibility index (Phi) is 9.69. The minimum atomic E-state index is -0.539. The first-order chi connectivity index (χ1) is 31.6. The predicted molar refractivity (Wildman–Crippen MR) is 271 cm³/mol. The van der Waals surface area contributed by atoms with Crippen LogP contribution in [-0.2, 0) is 42.7 Å². The largest absolute Gasteiger partial charge is 0.509 e. The smallest absolute Gasteiger partial charge is 0.135 e. The van der Waals surface area contributed by atoms with Crippen LogP contribution in [0.15, 0.2) is 152 Å². The zero-order chi connectivity index (χ0) is 45.5. The van der Waals surface area contributed by atoms with Crippen LogP contribution in [-0.4, -0.2) is 9.55 Å². The van der Waals surface area contributed by atoms with E-state index in [4.69, 9.17) is 9.72 Å². The fourth-order valence-electron chi connectivity index (χ4n) is 10.8. The molecular weight excluding hydrogens is 1000 g/mol. The van der Waals surface area contributed by atoms with Gasteiger partial charge < -0.3 is 19.1 Å². The molecule has 336 valence electrons. The molecule has 2 aromatic heterocycles. The average Bonchev–Trinajstić information content (AvgIpc) is 4.02. The number of pyridine rings is 1. The van der Waals surface area contributed by atoms with Crippen molar-refractivity contribution in [1.29, 1.82) is 0 Å². The van der Waals surface area contributed by atoms with Crippen LogP contribution in [0, 0.1) is 18.8 Å². The van der Waals surface area contributed by atoms with Gasteiger partial charge in [-0.2, -0.15) is 6.07 Å². The zero-order valence-electron chi connectivity index (χ0n) is 39.5. The second kappa shape index (κ2) is 15.0. The summed E-state index contributed by atoms with van der Waals surface area (Å²) in [6.07, 6.45) is 1.94. The van der Waals surface area contributed by atoms with E-state index in [-0.39, 0.29) is 37.3 Å². The molecule has 7 aromatic carbocycles. The van der Waals surface area contributed by atoms with E-state index in [0.29, 0.717) is 11.5 Å². The molecule has 12 rings (SSSR count). The Labute approximate surface area is 409 Å². The first kappa shape index (κ1) is 43.2. The van der Waals surface area contributed by atoms with Gasteiger partial charge in [0.25, 0.3) is 0 Å². The Bertz CT molecular complexity index is 3390. The SMILES string of the molecule is CC(C)(C)c1cc(N2[CH-]N(c3[c-]c(Oc4[c-]c5c6c(c4)C4(c7ccccc7-c7ccccc74)c4cccc(c46)n5-c4cc(C(C)(C)C)ccn4)ccc3)c3ccccc32)cc(C(C)(C)C)c1.[Pt]. The molecule has 1 aliphatic heterocycles. The minimum absolute atomic E-state index is 0. The van der Waals surface area contributed by atoms with E-state index in [0.717, 1.165) is 39.6 Å². The molecule has 2 aliphatic carbocycles. The summed E-state index contributed by atoms with van der Waals surface area (Å²) in [5.41, 5.74) is 17.1. The maximum absolute atomic E-state index is 7.07. The molecule has 6 heteroatoms. The quantitative estimate of drug-likeness (QED) is 0.161. The van der Waals surface area contributed by atoms with Crippen molar-refractivity contribution in [2.75, 3.05) is 9.80 Å². The van der Waals surface area contributed by atoms with E-state index in [1.54, 1.807) is 0 Å². The minimum Gasteiger partial charge on any atom is -0.509 e. The number of ether oxygens (including phenoxy) is 1. The summed E-state index contributed by atoms with van der Waals surface area (Å²) in [6.45, 7) is 22.7. The maximum atomic E-state index is 7.07. The molecular formula is C61H53N4OPt-3. The molecule has 3 heterocycles. The number of nitrogens with zero attached hydrogens (tertiary/aromatic N) is 4. The Hall–Kier alpha value is -6.42. The van der Waals surface area contributed by atoms with Crippen LogP contribution in [0.2, 0.25) is 0 Å². The number of aromatic nitrogens is 2. The van der Waals surface area contributed by atoms with Crippen LogP contribution in [0.25, 0.3) is 38.8 Å². The van der Waals surface area contributed by atoms with Crippen LogP contribution in [0.5, 0.6) is 11.5 Å². The van der Waals surface area contributed by atoms with Crippen molar-refractivity contribution in [3.05, 3.63) is 210 Å². The van der Waals surface area contributed by atoms with Gasteiger partial charge in [0.15, 0.2) is 0 Å². The number of anilines is 4. The molecule has 0 saturated heterocycles. The van der Waals surface area contributed by atoms with Gasteiger partial charge in [0.2, 0.25) is 0 Å². The van der Waals surface area contributed by atoms with E-state index in [1.807, 2.05) is 12.3 Å². The first-order valence-electron chi connectivity index (χ1n) is 23.2. The molecule has 3 aliphatic rings. The van der Waals surface area contributed by atoms with Gasteiger partial charge in [-0.3, -0.25) is 0 Å². The molecule has 0 radical (unpaired) electrons. The molecule has 0 amide bonds. The van der Waals surface area contributed by atoms with Crippen molar-refractivity contribution in [3.63, 3.8) is 0 Å². The fourth-order valence-corrected chi connectivity index (χ4v) is 10.8. The molecule has 0 fully saturated rings. The third kappa shape index (κ3) is 6.48. The Morgan fingerprint density at radius 3 is 1.78 bits per heavy atom. The van der Waals surface area contributed by atoms with E-state index < -0.39 is 5.41 Å². The second-order valence-electron chi connectivity index (χ2n) is 21.4. The number of hydrogen-bond acceptors (Lipinski definition) is 4. The van der Waals surface area contributed by atoms with Crippen molar-refractivity contribution in [1.82, 2.24) is 9.55 Å². The maximum Gasteiger partial charge on any atom is 0.135 e. The van der Waals surface area contributed by atoms with Gasteiger partial charge in [0.05, 0.1) is 0 Å². The monoisotopic (exact) mass is 1050 g/mol. The van der Waals surface area contributed by atoms with E-state index in [1.165, 1.54) is 60.8 Å². The summed E-state index contributed by atoms with van der Waals surface area (Å²) in [4.78, 5) is 9.58. The topological polar surface area (TPSA) is 33.5 Å². The van der Waals surface area contributed by atoms with Crippen LogP contribution >= 0.6 is 0 Å². The third-order valence-corrected chi connectivity index (χ3v) is 14.2. The van der Waals surface area contributed by atoms with Gasteiger partial charge in [-0.05, 0) is 109 Å². The van der Waals surface area contributed by atoms with Gasteiger partial charge in [-0.15, -0.1) is 48.3 Å². The van der Waals surface area contributed by atoms with Gasteiger partial charge in [0.1, 0.15) is 5.82 Å². The summed E-state index contributed by atoms with van der Waals surface area (Å²) in [7, 11) is 0. The van der Waals surface area contributed by atoms with Gasteiger partial charge >= 0.3 is 0 Å². The molecule has 0 atom stereocenters. The summed E-state index contributed by atoms with van der Waals surface area (Å²) in [5, 5.41) is 2.43. The van der Waals surface area contributed by atoms with Crippen molar-refractivity contribution in [2.24, 2.45) is 0 Å². The van der Waals surface area contributed by atoms with Crippen molar-refractivity contribution in [3.8, 4) is 28.4 Å². The van der Waals surface area contributed by atoms with Crippen LogP contribution in [0.1, 0.15) is 101 Å². The molecule has 0 unspecified atom stereocenters. The van der Waals surface area contributed by atoms with Gasteiger partial charge in [-0.25, -0.2) is 4.98 Å². The zero-order valence-corrected chi connectivity index (χ0v) is 41.8. The number of hydrogen-bond donors (Lipinski definition) is 0. The Morgan fingerprint density at radius 1 is 0.522 bits per heavy atom. The molecule has 5 nitrogen and oxygen atoms in total. The third-order valence-electron chi connectivity index (χ3n) is 14.2. The number of para-hydroxylation sites is 2. The normalized spacial score (nSPS) is 14.5. The predicted octanol–water partition coefficient (Wildman–Crippen LogP) is 15.5. The van der Waals surface area contributed by atoms with Crippen LogP contribution in [0.3, 0.4) is 0 Å².